The van der Waals surface area contributed by atoms with Gasteiger partial charge in [0.2, 0.25) is 0 Å². The number of esters is 1. The first-order valence-electron chi connectivity index (χ1n) is 9.48. The summed E-state index contributed by atoms with van der Waals surface area (Å²) in [5.74, 6) is -0.222. The molecule has 2 aliphatic rings. The number of hydrogen-bond donors (Lipinski definition) is 0. The van der Waals surface area contributed by atoms with Crippen LogP contribution in [-0.4, -0.2) is 47.5 Å². The second kappa shape index (κ2) is 8.37. The molecule has 0 aliphatic carbocycles. The second-order valence-electron chi connectivity index (χ2n) is 6.98. The van der Waals surface area contributed by atoms with Gasteiger partial charge in [-0.1, -0.05) is 43.7 Å². The van der Waals surface area contributed by atoms with E-state index in [1.165, 1.54) is 6.42 Å². The Morgan fingerprint density at radius 2 is 2.08 bits per heavy atom. The third-order valence-electron chi connectivity index (χ3n) is 5.21. The zero-order valence-corrected chi connectivity index (χ0v) is 15.0. The average molecular weight is 344 g/mol. The van der Waals surface area contributed by atoms with Crippen LogP contribution < -0.4 is 0 Å². The normalized spacial score (nSPS) is 21.2. The highest BCUT2D eigenvalue weighted by Gasteiger charge is 2.42. The molecule has 2 aliphatic heterocycles. The predicted molar refractivity (Wildman–Crippen MR) is 96.1 cm³/mol. The summed E-state index contributed by atoms with van der Waals surface area (Å²) in [5, 5.41) is 0. The molecule has 1 aromatic rings. The first-order valence-corrected chi connectivity index (χ1v) is 9.48. The summed E-state index contributed by atoms with van der Waals surface area (Å²) in [6, 6.07) is 9.98. The first kappa shape index (κ1) is 17.8. The molecule has 3 rings (SSSR count). The molecule has 2 fully saturated rings. The van der Waals surface area contributed by atoms with Crippen LogP contribution in [0, 0.1) is 0 Å². The number of benzene rings is 1. The summed E-state index contributed by atoms with van der Waals surface area (Å²) >= 11 is 0. The molecule has 5 nitrogen and oxygen atoms in total. The van der Waals surface area contributed by atoms with Gasteiger partial charge in [-0.2, -0.15) is 0 Å². The highest BCUT2D eigenvalue weighted by molar-refractivity contribution is 5.79. The van der Waals surface area contributed by atoms with E-state index in [1.807, 2.05) is 40.1 Å². The lowest BCUT2D eigenvalue weighted by Crippen LogP contribution is -2.39. The van der Waals surface area contributed by atoms with E-state index in [0.717, 1.165) is 37.8 Å². The van der Waals surface area contributed by atoms with Crippen molar-refractivity contribution in [2.75, 3.05) is 19.7 Å². The van der Waals surface area contributed by atoms with Crippen molar-refractivity contribution in [1.29, 1.82) is 0 Å². The summed E-state index contributed by atoms with van der Waals surface area (Å²) in [5.41, 5.74) is 1.00. The van der Waals surface area contributed by atoms with E-state index in [0.29, 0.717) is 19.2 Å². The van der Waals surface area contributed by atoms with Crippen molar-refractivity contribution in [3.05, 3.63) is 35.9 Å². The lowest BCUT2D eigenvalue weighted by atomic mass is 10.0. The maximum atomic E-state index is 12.9. The second-order valence-corrected chi connectivity index (χ2v) is 6.98. The van der Waals surface area contributed by atoms with Gasteiger partial charge in [0, 0.05) is 13.1 Å². The Bertz CT molecular complexity index is 590. The lowest BCUT2D eigenvalue weighted by Gasteiger charge is -2.28. The maximum Gasteiger partial charge on any atom is 0.320 e. The average Bonchev–Trinajstić information content (AvgIpc) is 2.97. The Kier molecular flexibility index (Phi) is 5.95. The molecule has 0 radical (unpaired) electrons. The molecular weight excluding hydrogens is 316 g/mol. The number of carbonyl (C=O) groups excluding carboxylic acids is 2. The quantitative estimate of drug-likeness (QED) is 0.559. The van der Waals surface area contributed by atoms with Crippen molar-refractivity contribution in [1.82, 2.24) is 9.80 Å². The summed E-state index contributed by atoms with van der Waals surface area (Å²) in [7, 11) is 0. The minimum atomic E-state index is -0.242. The molecule has 0 aromatic heterocycles. The number of urea groups is 1. The molecule has 1 aromatic carbocycles. The van der Waals surface area contributed by atoms with Crippen molar-refractivity contribution in [3.63, 3.8) is 0 Å². The number of hydrogen-bond acceptors (Lipinski definition) is 3. The fraction of sp³-hybridized carbons (Fsp3) is 0.600. The fourth-order valence-electron chi connectivity index (χ4n) is 3.80. The highest BCUT2D eigenvalue weighted by atomic mass is 16.5. The molecule has 0 spiro atoms. The van der Waals surface area contributed by atoms with E-state index < -0.39 is 0 Å². The van der Waals surface area contributed by atoms with Gasteiger partial charge in [0.15, 0.2) is 0 Å². The van der Waals surface area contributed by atoms with E-state index in [1.54, 1.807) is 0 Å². The minimum Gasteiger partial charge on any atom is -0.466 e. The topological polar surface area (TPSA) is 49.9 Å². The number of ether oxygens (including phenoxy) is 1. The monoisotopic (exact) mass is 344 g/mol. The van der Waals surface area contributed by atoms with Gasteiger partial charge in [-0.15, -0.1) is 0 Å². The highest BCUT2D eigenvalue weighted by Crippen LogP contribution is 2.34. The molecule has 0 N–H and O–H groups in total. The van der Waals surface area contributed by atoms with Crippen LogP contribution in [0.2, 0.25) is 0 Å². The molecule has 0 bridgehead atoms. The standard InChI is InChI=1S/C20H28N2O3/c1-2-3-13-25-19(23)14-18(16-9-5-4-6-10-16)22-15-17-11-7-8-12-21(17)20(22)24/h4-6,9-10,17-18H,2-3,7-8,11-15H2,1H3/t17-,18?/m0/s1. The number of piperidine rings is 1. The largest absolute Gasteiger partial charge is 0.466 e. The Morgan fingerprint density at radius 1 is 1.28 bits per heavy atom. The molecule has 2 atom stereocenters. The van der Waals surface area contributed by atoms with Crippen LogP contribution in [-0.2, 0) is 9.53 Å². The van der Waals surface area contributed by atoms with Crippen molar-refractivity contribution in [2.45, 2.75) is 57.5 Å². The van der Waals surface area contributed by atoms with Gasteiger partial charge in [0.1, 0.15) is 0 Å². The molecule has 2 amide bonds. The van der Waals surface area contributed by atoms with Crippen molar-refractivity contribution in [2.24, 2.45) is 0 Å². The van der Waals surface area contributed by atoms with Gasteiger partial charge in [-0.05, 0) is 31.2 Å². The molecule has 25 heavy (non-hydrogen) atoms. The zero-order chi connectivity index (χ0) is 17.6. The van der Waals surface area contributed by atoms with E-state index in [9.17, 15) is 9.59 Å². The smallest absolute Gasteiger partial charge is 0.320 e. The van der Waals surface area contributed by atoms with Crippen molar-refractivity contribution >= 4 is 12.0 Å². The number of carbonyl (C=O) groups is 2. The lowest BCUT2D eigenvalue weighted by molar-refractivity contribution is -0.145. The van der Waals surface area contributed by atoms with Crippen molar-refractivity contribution in [3.8, 4) is 0 Å². The van der Waals surface area contributed by atoms with Crippen LogP contribution in [0.1, 0.15) is 57.1 Å². The van der Waals surface area contributed by atoms with E-state index in [4.69, 9.17) is 4.74 Å². The molecule has 2 heterocycles. The number of nitrogens with zero attached hydrogens (tertiary/aromatic N) is 2. The Hall–Kier alpha value is -2.04. The summed E-state index contributed by atoms with van der Waals surface area (Å²) in [6.45, 7) is 4.07. The van der Waals surface area contributed by atoms with Crippen LogP contribution in [0.15, 0.2) is 30.3 Å². The third-order valence-corrected chi connectivity index (χ3v) is 5.21. The van der Waals surface area contributed by atoms with Gasteiger partial charge in [0.25, 0.3) is 0 Å². The van der Waals surface area contributed by atoms with Crippen LogP contribution in [0.25, 0.3) is 0 Å². The first-order chi connectivity index (χ1) is 12.2. The van der Waals surface area contributed by atoms with Crippen LogP contribution in [0.4, 0.5) is 4.79 Å². The Labute approximate surface area is 149 Å². The Morgan fingerprint density at radius 3 is 2.80 bits per heavy atom. The Balaban J connectivity index is 1.75. The predicted octanol–water partition coefficient (Wildman–Crippen LogP) is 3.75. The molecule has 0 saturated carbocycles. The number of rotatable bonds is 7. The zero-order valence-electron chi connectivity index (χ0n) is 15.0. The maximum absolute atomic E-state index is 12.9. The van der Waals surface area contributed by atoms with Crippen LogP contribution in [0.5, 0.6) is 0 Å². The van der Waals surface area contributed by atoms with Gasteiger partial charge in [0.05, 0.1) is 25.1 Å². The fourth-order valence-corrected chi connectivity index (χ4v) is 3.80. The number of fused-ring (bicyclic) bond motifs is 1. The molecule has 2 saturated heterocycles. The van der Waals surface area contributed by atoms with Gasteiger partial charge in [-0.3, -0.25) is 4.79 Å². The van der Waals surface area contributed by atoms with E-state index >= 15 is 0 Å². The molecule has 1 unspecified atom stereocenters. The summed E-state index contributed by atoms with van der Waals surface area (Å²) in [6.07, 6.45) is 5.41. The molecular formula is C20H28N2O3. The van der Waals surface area contributed by atoms with Gasteiger partial charge < -0.3 is 14.5 Å². The summed E-state index contributed by atoms with van der Waals surface area (Å²) < 4.78 is 5.36. The number of amides is 2. The molecule has 136 valence electrons. The van der Waals surface area contributed by atoms with E-state index in [2.05, 4.69) is 6.92 Å². The van der Waals surface area contributed by atoms with E-state index in [-0.39, 0.29) is 24.5 Å². The van der Waals surface area contributed by atoms with Crippen LogP contribution in [0.3, 0.4) is 0 Å². The third kappa shape index (κ3) is 4.14. The van der Waals surface area contributed by atoms with Crippen molar-refractivity contribution < 1.29 is 14.3 Å². The summed E-state index contributed by atoms with van der Waals surface area (Å²) in [4.78, 5) is 29.1. The van der Waals surface area contributed by atoms with Gasteiger partial charge in [-0.25, -0.2) is 4.79 Å². The van der Waals surface area contributed by atoms with Gasteiger partial charge >= 0.3 is 12.0 Å². The molecule has 5 heteroatoms. The van der Waals surface area contributed by atoms with Crippen LogP contribution >= 0.6 is 0 Å². The SMILES string of the molecule is CCCCOC(=O)CC(c1ccccc1)N1C[C@@H]2CCCCN2C1=O. The minimum absolute atomic E-state index is 0.0694. The number of unbranched alkanes of at least 4 members (excludes halogenated alkanes) is 1.